The maximum atomic E-state index is 12.1. The summed E-state index contributed by atoms with van der Waals surface area (Å²) in [5.41, 5.74) is 3.30. The summed E-state index contributed by atoms with van der Waals surface area (Å²) in [7, 11) is 0. The summed E-state index contributed by atoms with van der Waals surface area (Å²) in [6.45, 7) is 2.45. The SMILES string of the molecule is O=C(NCCc1ncc[nH]1)c1ccc2c(c1)CNCC2. The van der Waals surface area contributed by atoms with Crippen molar-refractivity contribution in [2.45, 2.75) is 19.4 Å². The molecule has 3 N–H and O–H groups in total. The topological polar surface area (TPSA) is 69.8 Å². The summed E-state index contributed by atoms with van der Waals surface area (Å²) in [5.74, 6) is 0.866. The van der Waals surface area contributed by atoms with Gasteiger partial charge >= 0.3 is 0 Å². The van der Waals surface area contributed by atoms with E-state index in [4.69, 9.17) is 0 Å². The fourth-order valence-corrected chi connectivity index (χ4v) is 2.45. The van der Waals surface area contributed by atoms with Crippen LogP contribution in [0, 0.1) is 0 Å². The van der Waals surface area contributed by atoms with Crippen LogP contribution in [0.25, 0.3) is 0 Å². The third-order valence-corrected chi connectivity index (χ3v) is 3.56. The average Bonchev–Trinajstić information content (AvgIpc) is 3.00. The average molecular weight is 270 g/mol. The van der Waals surface area contributed by atoms with E-state index in [1.165, 1.54) is 11.1 Å². The third-order valence-electron chi connectivity index (χ3n) is 3.56. The molecular formula is C15H18N4O. The van der Waals surface area contributed by atoms with Gasteiger partial charge in [0.15, 0.2) is 0 Å². The van der Waals surface area contributed by atoms with Crippen molar-refractivity contribution >= 4 is 5.91 Å². The van der Waals surface area contributed by atoms with Gasteiger partial charge in [-0.2, -0.15) is 0 Å². The van der Waals surface area contributed by atoms with Gasteiger partial charge in [-0.25, -0.2) is 4.98 Å². The number of H-pyrrole nitrogens is 1. The molecule has 104 valence electrons. The second-order valence-corrected chi connectivity index (χ2v) is 4.95. The Balaban J connectivity index is 1.59. The first-order valence-electron chi connectivity index (χ1n) is 6.92. The molecule has 0 unspecified atom stereocenters. The van der Waals surface area contributed by atoms with Crippen molar-refractivity contribution in [2.75, 3.05) is 13.1 Å². The summed E-state index contributed by atoms with van der Waals surface area (Å²) in [4.78, 5) is 19.2. The molecule has 2 heterocycles. The van der Waals surface area contributed by atoms with E-state index in [-0.39, 0.29) is 5.91 Å². The minimum Gasteiger partial charge on any atom is -0.352 e. The number of amides is 1. The first-order valence-corrected chi connectivity index (χ1v) is 6.92. The zero-order valence-corrected chi connectivity index (χ0v) is 11.3. The highest BCUT2D eigenvalue weighted by Gasteiger charge is 2.12. The van der Waals surface area contributed by atoms with E-state index < -0.39 is 0 Å². The zero-order valence-electron chi connectivity index (χ0n) is 11.3. The number of carbonyl (C=O) groups is 1. The van der Waals surface area contributed by atoms with Gasteiger partial charge in [0.1, 0.15) is 5.82 Å². The Morgan fingerprint density at radius 1 is 1.35 bits per heavy atom. The fourth-order valence-electron chi connectivity index (χ4n) is 2.45. The summed E-state index contributed by atoms with van der Waals surface area (Å²) in [5, 5.41) is 6.25. The molecule has 1 amide bonds. The van der Waals surface area contributed by atoms with E-state index in [2.05, 4.69) is 26.7 Å². The van der Waals surface area contributed by atoms with Crippen molar-refractivity contribution < 1.29 is 4.79 Å². The number of aromatic nitrogens is 2. The highest BCUT2D eigenvalue weighted by Crippen LogP contribution is 2.15. The van der Waals surface area contributed by atoms with Crippen molar-refractivity contribution in [3.05, 3.63) is 53.1 Å². The van der Waals surface area contributed by atoms with Crippen molar-refractivity contribution in [2.24, 2.45) is 0 Å². The van der Waals surface area contributed by atoms with Crippen LogP contribution in [0.5, 0.6) is 0 Å². The summed E-state index contributed by atoms with van der Waals surface area (Å²) in [6.07, 6.45) is 5.25. The van der Waals surface area contributed by atoms with Crippen molar-refractivity contribution in [1.29, 1.82) is 0 Å². The van der Waals surface area contributed by atoms with Crippen LogP contribution in [0.2, 0.25) is 0 Å². The Morgan fingerprint density at radius 3 is 3.15 bits per heavy atom. The molecule has 2 aromatic rings. The quantitative estimate of drug-likeness (QED) is 0.777. The maximum absolute atomic E-state index is 12.1. The number of carbonyl (C=O) groups excluding carboxylic acids is 1. The Hall–Kier alpha value is -2.14. The molecule has 1 aliphatic heterocycles. The number of benzene rings is 1. The Labute approximate surface area is 117 Å². The molecule has 0 aliphatic carbocycles. The Morgan fingerprint density at radius 2 is 2.30 bits per heavy atom. The molecule has 0 atom stereocenters. The third kappa shape index (κ3) is 2.88. The Kier molecular flexibility index (Phi) is 3.78. The van der Waals surface area contributed by atoms with Crippen LogP contribution in [0.1, 0.15) is 27.3 Å². The molecule has 1 aromatic carbocycles. The number of hydrogen-bond acceptors (Lipinski definition) is 3. The van der Waals surface area contributed by atoms with E-state index >= 15 is 0 Å². The van der Waals surface area contributed by atoms with Gasteiger partial charge in [0.05, 0.1) is 0 Å². The minimum atomic E-state index is -0.0232. The summed E-state index contributed by atoms with van der Waals surface area (Å²) < 4.78 is 0. The maximum Gasteiger partial charge on any atom is 0.251 e. The van der Waals surface area contributed by atoms with E-state index in [1.54, 1.807) is 12.4 Å². The van der Waals surface area contributed by atoms with Crippen molar-refractivity contribution in [3.63, 3.8) is 0 Å². The van der Waals surface area contributed by atoms with Crippen molar-refractivity contribution in [3.8, 4) is 0 Å². The molecule has 0 saturated carbocycles. The van der Waals surface area contributed by atoms with Gasteiger partial charge in [-0.1, -0.05) is 6.07 Å². The van der Waals surface area contributed by atoms with Crippen molar-refractivity contribution in [1.82, 2.24) is 20.6 Å². The Bertz CT molecular complexity index is 592. The summed E-state index contributed by atoms with van der Waals surface area (Å²) >= 11 is 0. The molecule has 3 rings (SSSR count). The van der Waals surface area contributed by atoms with Crippen LogP contribution in [0.3, 0.4) is 0 Å². The molecule has 1 aliphatic rings. The molecule has 1 aromatic heterocycles. The van der Waals surface area contributed by atoms with Crippen LogP contribution in [0.4, 0.5) is 0 Å². The van der Waals surface area contributed by atoms with Crippen LogP contribution in [-0.2, 0) is 19.4 Å². The number of nitrogens with one attached hydrogen (secondary N) is 3. The highest BCUT2D eigenvalue weighted by atomic mass is 16.1. The highest BCUT2D eigenvalue weighted by molar-refractivity contribution is 5.94. The van der Waals surface area contributed by atoms with E-state index in [0.29, 0.717) is 13.0 Å². The van der Waals surface area contributed by atoms with Gasteiger partial charge in [0, 0.05) is 37.5 Å². The monoisotopic (exact) mass is 270 g/mol. The smallest absolute Gasteiger partial charge is 0.251 e. The van der Waals surface area contributed by atoms with E-state index in [0.717, 1.165) is 30.9 Å². The number of rotatable bonds is 4. The lowest BCUT2D eigenvalue weighted by Gasteiger charge is -2.17. The normalized spacial score (nSPS) is 13.8. The molecule has 20 heavy (non-hydrogen) atoms. The van der Waals surface area contributed by atoms with Gasteiger partial charge in [-0.05, 0) is 36.2 Å². The van der Waals surface area contributed by atoms with Gasteiger partial charge < -0.3 is 15.6 Å². The van der Waals surface area contributed by atoms with Crippen LogP contribution >= 0.6 is 0 Å². The fraction of sp³-hybridized carbons (Fsp3) is 0.333. The van der Waals surface area contributed by atoms with Gasteiger partial charge in [-0.3, -0.25) is 4.79 Å². The molecule has 0 saturated heterocycles. The van der Waals surface area contributed by atoms with Crippen LogP contribution in [-0.4, -0.2) is 29.0 Å². The van der Waals surface area contributed by atoms with Gasteiger partial charge in [0.2, 0.25) is 0 Å². The lowest BCUT2D eigenvalue weighted by atomic mass is 9.98. The van der Waals surface area contributed by atoms with Gasteiger partial charge in [-0.15, -0.1) is 0 Å². The molecule has 0 radical (unpaired) electrons. The second-order valence-electron chi connectivity index (χ2n) is 4.95. The summed E-state index contributed by atoms with van der Waals surface area (Å²) in [6, 6.07) is 5.97. The first-order chi connectivity index (χ1) is 9.83. The largest absolute Gasteiger partial charge is 0.352 e. The lowest BCUT2D eigenvalue weighted by Crippen LogP contribution is -2.27. The number of imidazole rings is 1. The van der Waals surface area contributed by atoms with E-state index in [9.17, 15) is 4.79 Å². The molecule has 0 spiro atoms. The second kappa shape index (κ2) is 5.88. The van der Waals surface area contributed by atoms with Crippen LogP contribution in [0.15, 0.2) is 30.6 Å². The molecule has 5 nitrogen and oxygen atoms in total. The number of fused-ring (bicyclic) bond motifs is 1. The number of aromatic amines is 1. The number of nitrogens with zero attached hydrogens (tertiary/aromatic N) is 1. The lowest BCUT2D eigenvalue weighted by molar-refractivity contribution is 0.0954. The van der Waals surface area contributed by atoms with Gasteiger partial charge in [0.25, 0.3) is 5.91 Å². The first kappa shape index (κ1) is 12.9. The molecule has 5 heteroatoms. The van der Waals surface area contributed by atoms with Crippen LogP contribution < -0.4 is 10.6 Å². The van der Waals surface area contributed by atoms with E-state index in [1.807, 2.05) is 12.1 Å². The standard InChI is InChI=1S/C15H18N4O/c20-15(19-6-4-14-17-7-8-18-14)12-2-1-11-3-5-16-10-13(11)9-12/h1-2,7-9,16H,3-6,10H2,(H,17,18)(H,19,20). The number of hydrogen-bond donors (Lipinski definition) is 3. The molecule has 0 bridgehead atoms. The molecular weight excluding hydrogens is 252 g/mol. The molecule has 0 fully saturated rings. The minimum absolute atomic E-state index is 0.0232. The predicted molar refractivity (Wildman–Crippen MR) is 76.5 cm³/mol. The zero-order chi connectivity index (χ0) is 13.8. The predicted octanol–water partition coefficient (Wildman–Crippen LogP) is 1.03.